The summed E-state index contributed by atoms with van der Waals surface area (Å²) in [5.41, 5.74) is 0.848. The van der Waals surface area contributed by atoms with Gasteiger partial charge >= 0.3 is 0 Å². The van der Waals surface area contributed by atoms with Crippen molar-refractivity contribution in [3.63, 3.8) is 0 Å². The van der Waals surface area contributed by atoms with E-state index in [1.165, 1.54) is 0 Å². The van der Waals surface area contributed by atoms with Crippen molar-refractivity contribution < 1.29 is 14.4 Å². The van der Waals surface area contributed by atoms with E-state index in [9.17, 15) is 14.4 Å². The number of amides is 3. The monoisotopic (exact) mass is 389 g/mol. The third-order valence-corrected chi connectivity index (χ3v) is 6.00. The Kier molecular flexibility index (Phi) is 6.09. The molecule has 0 saturated carbocycles. The molecule has 2 aliphatic rings. The molecule has 0 radical (unpaired) electrons. The van der Waals surface area contributed by atoms with Crippen molar-refractivity contribution in [2.75, 3.05) is 43.9 Å². The first-order valence-corrected chi connectivity index (χ1v) is 10.6. The highest BCUT2D eigenvalue weighted by Gasteiger charge is 2.38. The van der Waals surface area contributed by atoms with E-state index in [4.69, 9.17) is 0 Å². The molecule has 2 heterocycles. The summed E-state index contributed by atoms with van der Waals surface area (Å²) < 4.78 is 0. The first-order valence-electron chi connectivity index (χ1n) is 9.42. The van der Waals surface area contributed by atoms with Crippen LogP contribution in [0.25, 0.3) is 0 Å². The second-order valence-corrected chi connectivity index (χ2v) is 8.29. The molecule has 27 heavy (non-hydrogen) atoms. The van der Waals surface area contributed by atoms with E-state index >= 15 is 0 Å². The number of hydrogen-bond donors (Lipinski definition) is 0. The van der Waals surface area contributed by atoms with Crippen molar-refractivity contribution in [1.82, 2.24) is 9.80 Å². The maximum atomic E-state index is 12.9. The molecule has 1 aromatic carbocycles. The SMILES string of the molecule is CSc1ccc(N2CC(C(=O)N3CCN(C(=O)C(C)C)CC3)CC2=O)cc1. The van der Waals surface area contributed by atoms with Crippen LogP contribution in [-0.2, 0) is 14.4 Å². The molecule has 1 unspecified atom stereocenters. The lowest BCUT2D eigenvalue weighted by molar-refractivity contribution is -0.143. The molecule has 1 atom stereocenters. The lowest BCUT2D eigenvalue weighted by Gasteiger charge is -2.36. The van der Waals surface area contributed by atoms with E-state index in [0.29, 0.717) is 32.7 Å². The van der Waals surface area contributed by atoms with Crippen molar-refractivity contribution in [3.05, 3.63) is 24.3 Å². The number of anilines is 1. The molecule has 7 heteroatoms. The smallest absolute Gasteiger partial charge is 0.228 e. The highest BCUT2D eigenvalue weighted by molar-refractivity contribution is 7.98. The Morgan fingerprint density at radius 1 is 1.04 bits per heavy atom. The number of nitrogens with zero attached hydrogens (tertiary/aromatic N) is 3. The summed E-state index contributed by atoms with van der Waals surface area (Å²) in [7, 11) is 0. The van der Waals surface area contributed by atoms with Gasteiger partial charge in [0.1, 0.15) is 0 Å². The van der Waals surface area contributed by atoms with Crippen molar-refractivity contribution >= 4 is 35.2 Å². The number of carbonyl (C=O) groups is 3. The van der Waals surface area contributed by atoms with E-state index in [2.05, 4.69) is 0 Å². The lowest BCUT2D eigenvalue weighted by atomic mass is 10.1. The van der Waals surface area contributed by atoms with Gasteiger partial charge in [0, 0.05) is 55.6 Å². The van der Waals surface area contributed by atoms with Gasteiger partial charge in [0.2, 0.25) is 17.7 Å². The Bertz CT molecular complexity index is 712. The molecule has 0 aromatic heterocycles. The molecule has 3 rings (SSSR count). The molecular weight excluding hydrogens is 362 g/mol. The Morgan fingerprint density at radius 3 is 2.19 bits per heavy atom. The van der Waals surface area contributed by atoms with Crippen LogP contribution in [0.2, 0.25) is 0 Å². The fourth-order valence-electron chi connectivity index (χ4n) is 3.66. The van der Waals surface area contributed by atoms with Crippen LogP contribution in [0.4, 0.5) is 5.69 Å². The average Bonchev–Trinajstić information content (AvgIpc) is 3.08. The number of carbonyl (C=O) groups excluding carboxylic acids is 3. The molecule has 2 fully saturated rings. The zero-order valence-corrected chi connectivity index (χ0v) is 17.0. The lowest BCUT2D eigenvalue weighted by Crippen LogP contribution is -2.53. The van der Waals surface area contributed by atoms with Gasteiger partial charge in [0.25, 0.3) is 0 Å². The third-order valence-electron chi connectivity index (χ3n) is 5.26. The minimum absolute atomic E-state index is 0.00104. The van der Waals surface area contributed by atoms with Crippen LogP contribution >= 0.6 is 11.8 Å². The quantitative estimate of drug-likeness (QED) is 0.740. The zero-order chi connectivity index (χ0) is 19.6. The van der Waals surface area contributed by atoms with Gasteiger partial charge in [-0.2, -0.15) is 0 Å². The fourth-order valence-corrected chi connectivity index (χ4v) is 4.06. The Morgan fingerprint density at radius 2 is 1.63 bits per heavy atom. The summed E-state index contributed by atoms with van der Waals surface area (Å²) in [4.78, 5) is 43.9. The Balaban J connectivity index is 1.58. The summed E-state index contributed by atoms with van der Waals surface area (Å²) in [6.07, 6.45) is 2.27. The maximum absolute atomic E-state index is 12.9. The second kappa shape index (κ2) is 8.33. The van der Waals surface area contributed by atoms with Crippen LogP contribution in [0.3, 0.4) is 0 Å². The molecule has 6 nitrogen and oxygen atoms in total. The van der Waals surface area contributed by atoms with Crippen molar-refractivity contribution in [3.8, 4) is 0 Å². The third kappa shape index (κ3) is 4.29. The highest BCUT2D eigenvalue weighted by atomic mass is 32.2. The second-order valence-electron chi connectivity index (χ2n) is 7.41. The first kappa shape index (κ1) is 19.7. The molecule has 0 aliphatic carbocycles. The molecule has 0 spiro atoms. The average molecular weight is 390 g/mol. The fraction of sp³-hybridized carbons (Fsp3) is 0.550. The first-order chi connectivity index (χ1) is 12.9. The van der Waals surface area contributed by atoms with E-state index < -0.39 is 0 Å². The number of benzene rings is 1. The number of piperazine rings is 1. The van der Waals surface area contributed by atoms with E-state index in [1.54, 1.807) is 16.7 Å². The molecule has 146 valence electrons. The summed E-state index contributed by atoms with van der Waals surface area (Å²) in [5, 5.41) is 0. The van der Waals surface area contributed by atoms with Crippen LogP contribution in [0.1, 0.15) is 20.3 Å². The van der Waals surface area contributed by atoms with Crippen molar-refractivity contribution in [2.24, 2.45) is 11.8 Å². The summed E-state index contributed by atoms with van der Waals surface area (Å²) in [5.74, 6) is -0.157. The Hall–Kier alpha value is -2.02. The van der Waals surface area contributed by atoms with Crippen molar-refractivity contribution in [1.29, 1.82) is 0 Å². The van der Waals surface area contributed by atoms with Crippen LogP contribution < -0.4 is 4.90 Å². The van der Waals surface area contributed by atoms with Gasteiger partial charge in [0.15, 0.2) is 0 Å². The molecule has 3 amide bonds. The van der Waals surface area contributed by atoms with Crippen LogP contribution in [-0.4, -0.2) is 66.5 Å². The van der Waals surface area contributed by atoms with Gasteiger partial charge in [-0.3, -0.25) is 14.4 Å². The van der Waals surface area contributed by atoms with Crippen LogP contribution in [0.5, 0.6) is 0 Å². The van der Waals surface area contributed by atoms with E-state index in [-0.39, 0.29) is 36.0 Å². The molecule has 2 aliphatic heterocycles. The minimum Gasteiger partial charge on any atom is -0.339 e. The Labute approximate surface area is 164 Å². The molecule has 0 bridgehead atoms. The molecular formula is C20H27N3O3S. The zero-order valence-electron chi connectivity index (χ0n) is 16.2. The van der Waals surface area contributed by atoms with Crippen molar-refractivity contribution in [2.45, 2.75) is 25.2 Å². The standard InChI is InChI=1S/C20H27N3O3S/c1-14(2)19(25)21-8-10-22(11-9-21)20(26)15-12-18(24)23(13-15)16-4-6-17(27-3)7-5-16/h4-7,14-15H,8-13H2,1-3H3. The predicted molar refractivity (Wildman–Crippen MR) is 107 cm³/mol. The summed E-state index contributed by atoms with van der Waals surface area (Å²) in [6.45, 7) is 6.46. The minimum atomic E-state index is -0.301. The van der Waals surface area contributed by atoms with Gasteiger partial charge < -0.3 is 14.7 Å². The van der Waals surface area contributed by atoms with Gasteiger partial charge in [0.05, 0.1) is 5.92 Å². The molecule has 0 N–H and O–H groups in total. The number of rotatable bonds is 4. The van der Waals surface area contributed by atoms with Gasteiger partial charge in [-0.1, -0.05) is 13.8 Å². The molecule has 1 aromatic rings. The predicted octanol–water partition coefficient (Wildman–Crippen LogP) is 2.09. The van der Waals surface area contributed by atoms with E-state index in [1.807, 2.05) is 54.2 Å². The van der Waals surface area contributed by atoms with Crippen LogP contribution in [0.15, 0.2) is 29.2 Å². The van der Waals surface area contributed by atoms with Gasteiger partial charge in [-0.25, -0.2) is 0 Å². The number of thioether (sulfide) groups is 1. The van der Waals surface area contributed by atoms with Crippen LogP contribution in [0, 0.1) is 11.8 Å². The maximum Gasteiger partial charge on any atom is 0.228 e. The molecule has 2 saturated heterocycles. The summed E-state index contributed by atoms with van der Waals surface area (Å²) >= 11 is 1.66. The normalized spacial score (nSPS) is 20.5. The van der Waals surface area contributed by atoms with Gasteiger partial charge in [-0.05, 0) is 30.5 Å². The summed E-state index contributed by atoms with van der Waals surface area (Å²) in [6, 6.07) is 7.86. The largest absolute Gasteiger partial charge is 0.339 e. The number of hydrogen-bond acceptors (Lipinski definition) is 4. The highest BCUT2D eigenvalue weighted by Crippen LogP contribution is 2.28. The topological polar surface area (TPSA) is 60.9 Å². The van der Waals surface area contributed by atoms with E-state index in [0.717, 1.165) is 10.6 Å². The van der Waals surface area contributed by atoms with Gasteiger partial charge in [-0.15, -0.1) is 11.8 Å².